The first kappa shape index (κ1) is 24.3. The molecule has 0 saturated heterocycles. The van der Waals surface area contributed by atoms with E-state index in [-0.39, 0.29) is 12.5 Å². The Labute approximate surface area is 178 Å². The van der Waals surface area contributed by atoms with Gasteiger partial charge in [-0.3, -0.25) is 9.69 Å². The van der Waals surface area contributed by atoms with E-state index < -0.39 is 17.2 Å². The Morgan fingerprint density at radius 1 is 1.18 bits per heavy atom. The standard InChI is InChI=1S/C21H30Cl2N2O3/c1-8-12-21(14-24(6)18(26)9-2,15-10-11-16(22)17(23)13-15)25(7)19(27)28-20(3,4)5/h8,10-11,13H,1,9,12,14H2,2-7H3. The molecule has 0 spiro atoms. The largest absolute Gasteiger partial charge is 0.444 e. The van der Waals surface area contributed by atoms with Crippen LogP contribution in [-0.2, 0) is 15.1 Å². The Bertz CT molecular complexity index is 731. The highest BCUT2D eigenvalue weighted by molar-refractivity contribution is 6.42. The van der Waals surface area contributed by atoms with E-state index in [4.69, 9.17) is 27.9 Å². The highest BCUT2D eigenvalue weighted by Gasteiger charge is 2.42. The van der Waals surface area contributed by atoms with Crippen LogP contribution < -0.4 is 0 Å². The minimum absolute atomic E-state index is 0.0360. The van der Waals surface area contributed by atoms with Crippen LogP contribution in [-0.4, -0.2) is 48.0 Å². The molecule has 5 nitrogen and oxygen atoms in total. The average Bonchev–Trinajstić information content (AvgIpc) is 2.60. The second-order valence-electron chi connectivity index (χ2n) is 7.80. The molecule has 1 atom stereocenters. The molecular weight excluding hydrogens is 399 g/mol. The Morgan fingerprint density at radius 3 is 2.25 bits per heavy atom. The quantitative estimate of drug-likeness (QED) is 0.538. The average molecular weight is 429 g/mol. The zero-order valence-electron chi connectivity index (χ0n) is 17.5. The number of hydrogen-bond acceptors (Lipinski definition) is 3. The topological polar surface area (TPSA) is 49.9 Å². The molecule has 0 aliphatic heterocycles. The van der Waals surface area contributed by atoms with Crippen molar-refractivity contribution < 1.29 is 14.3 Å². The van der Waals surface area contributed by atoms with Gasteiger partial charge in [-0.2, -0.15) is 0 Å². The molecule has 7 heteroatoms. The molecule has 1 unspecified atom stereocenters. The van der Waals surface area contributed by atoms with Crippen LogP contribution in [0.3, 0.4) is 0 Å². The molecule has 2 amide bonds. The van der Waals surface area contributed by atoms with E-state index in [0.29, 0.717) is 22.9 Å². The van der Waals surface area contributed by atoms with Crippen LogP contribution in [0.15, 0.2) is 30.9 Å². The highest BCUT2D eigenvalue weighted by Crippen LogP contribution is 2.37. The molecule has 0 aromatic heterocycles. The number of benzene rings is 1. The van der Waals surface area contributed by atoms with Gasteiger partial charge < -0.3 is 9.64 Å². The van der Waals surface area contributed by atoms with Crippen LogP contribution in [0.1, 0.15) is 46.1 Å². The van der Waals surface area contributed by atoms with Gasteiger partial charge in [0.05, 0.1) is 15.6 Å². The fourth-order valence-electron chi connectivity index (χ4n) is 2.99. The van der Waals surface area contributed by atoms with E-state index in [1.807, 2.05) is 6.07 Å². The van der Waals surface area contributed by atoms with Gasteiger partial charge in [-0.25, -0.2) is 4.79 Å². The van der Waals surface area contributed by atoms with Gasteiger partial charge in [0.1, 0.15) is 5.60 Å². The van der Waals surface area contributed by atoms with E-state index in [1.165, 1.54) is 4.90 Å². The minimum atomic E-state index is -0.919. The Kier molecular flexibility index (Phi) is 8.39. The maximum Gasteiger partial charge on any atom is 0.410 e. The number of rotatable bonds is 7. The summed E-state index contributed by atoms with van der Waals surface area (Å²) in [5.74, 6) is -0.0360. The number of carbonyl (C=O) groups excluding carboxylic acids is 2. The zero-order valence-corrected chi connectivity index (χ0v) is 19.0. The van der Waals surface area contributed by atoms with E-state index in [2.05, 4.69) is 6.58 Å². The van der Waals surface area contributed by atoms with Crippen molar-refractivity contribution in [1.29, 1.82) is 0 Å². The Balaban J connectivity index is 3.55. The minimum Gasteiger partial charge on any atom is -0.444 e. The van der Waals surface area contributed by atoms with Gasteiger partial charge in [0.2, 0.25) is 5.91 Å². The first-order chi connectivity index (χ1) is 12.9. The van der Waals surface area contributed by atoms with Gasteiger partial charge in [0, 0.05) is 27.1 Å². The van der Waals surface area contributed by atoms with Crippen molar-refractivity contribution in [3.8, 4) is 0 Å². The molecule has 28 heavy (non-hydrogen) atoms. The van der Waals surface area contributed by atoms with E-state index in [0.717, 1.165) is 5.56 Å². The van der Waals surface area contributed by atoms with Gasteiger partial charge in [-0.1, -0.05) is 42.3 Å². The fraction of sp³-hybridized carbons (Fsp3) is 0.524. The smallest absolute Gasteiger partial charge is 0.410 e. The zero-order chi connectivity index (χ0) is 21.7. The molecule has 0 heterocycles. The lowest BCUT2D eigenvalue weighted by Gasteiger charge is -2.44. The first-order valence-electron chi connectivity index (χ1n) is 9.15. The summed E-state index contributed by atoms with van der Waals surface area (Å²) in [5.41, 5.74) is -0.836. The van der Waals surface area contributed by atoms with Gasteiger partial charge >= 0.3 is 6.09 Å². The summed E-state index contributed by atoms with van der Waals surface area (Å²) in [6.45, 7) is 11.3. The number of carbonyl (C=O) groups is 2. The van der Waals surface area contributed by atoms with E-state index in [9.17, 15) is 9.59 Å². The van der Waals surface area contributed by atoms with Crippen LogP contribution in [0, 0.1) is 0 Å². The van der Waals surface area contributed by atoms with Crippen LogP contribution >= 0.6 is 23.2 Å². The van der Waals surface area contributed by atoms with Gasteiger partial charge in [-0.15, -0.1) is 6.58 Å². The molecule has 0 aliphatic rings. The summed E-state index contributed by atoms with van der Waals surface area (Å²) in [5, 5.41) is 0.783. The number of ether oxygens (including phenoxy) is 1. The van der Waals surface area contributed by atoms with Crippen molar-refractivity contribution in [2.24, 2.45) is 0 Å². The Morgan fingerprint density at radius 2 is 1.79 bits per heavy atom. The summed E-state index contributed by atoms with van der Waals surface area (Å²) >= 11 is 12.4. The van der Waals surface area contributed by atoms with Crippen LogP contribution in [0.4, 0.5) is 4.79 Å². The lowest BCUT2D eigenvalue weighted by molar-refractivity contribution is -0.131. The van der Waals surface area contributed by atoms with Gasteiger partial charge in [0.25, 0.3) is 0 Å². The highest BCUT2D eigenvalue weighted by atomic mass is 35.5. The fourth-order valence-corrected chi connectivity index (χ4v) is 3.29. The van der Waals surface area contributed by atoms with Crippen molar-refractivity contribution >= 4 is 35.2 Å². The molecule has 0 aliphatic carbocycles. The molecule has 1 rings (SSSR count). The maximum absolute atomic E-state index is 12.9. The summed E-state index contributed by atoms with van der Waals surface area (Å²) < 4.78 is 5.59. The summed E-state index contributed by atoms with van der Waals surface area (Å²) in [4.78, 5) is 28.3. The molecule has 0 radical (unpaired) electrons. The third-order valence-corrected chi connectivity index (χ3v) is 5.21. The molecule has 156 valence electrons. The van der Waals surface area contributed by atoms with E-state index >= 15 is 0 Å². The van der Waals surface area contributed by atoms with Crippen molar-refractivity contribution in [3.05, 3.63) is 46.5 Å². The predicted octanol–water partition coefficient (Wildman–Crippen LogP) is 5.50. The van der Waals surface area contributed by atoms with Gasteiger partial charge in [0.15, 0.2) is 0 Å². The van der Waals surface area contributed by atoms with Crippen LogP contribution in [0.25, 0.3) is 0 Å². The third kappa shape index (κ3) is 5.89. The molecule has 0 fully saturated rings. The molecule has 0 bridgehead atoms. The molecule has 0 saturated carbocycles. The second-order valence-corrected chi connectivity index (χ2v) is 8.61. The number of likely N-dealkylation sites (N-methyl/N-ethyl adjacent to an activating group) is 2. The molecule has 1 aromatic rings. The lowest BCUT2D eigenvalue weighted by atomic mass is 9.84. The maximum atomic E-state index is 12.9. The van der Waals surface area contributed by atoms with Crippen molar-refractivity contribution in [1.82, 2.24) is 9.80 Å². The Hall–Kier alpha value is -1.72. The van der Waals surface area contributed by atoms with Gasteiger partial charge in [-0.05, 0) is 44.9 Å². The normalized spacial score (nSPS) is 13.4. The summed E-state index contributed by atoms with van der Waals surface area (Å²) in [7, 11) is 3.37. The van der Waals surface area contributed by atoms with Crippen LogP contribution in [0.2, 0.25) is 10.0 Å². The number of hydrogen-bond donors (Lipinski definition) is 0. The predicted molar refractivity (Wildman–Crippen MR) is 115 cm³/mol. The summed E-state index contributed by atoms with van der Waals surface area (Å²) in [6, 6.07) is 5.21. The monoisotopic (exact) mass is 428 g/mol. The third-order valence-electron chi connectivity index (χ3n) is 4.48. The van der Waals surface area contributed by atoms with Crippen molar-refractivity contribution in [2.75, 3.05) is 20.6 Å². The number of amides is 2. The molecule has 0 N–H and O–H groups in total. The SMILES string of the molecule is C=CCC(CN(C)C(=O)CC)(c1ccc(Cl)c(Cl)c1)N(C)C(=O)OC(C)(C)C. The summed E-state index contributed by atoms with van der Waals surface area (Å²) in [6.07, 6.45) is 1.96. The number of halogens is 2. The van der Waals surface area contributed by atoms with Crippen molar-refractivity contribution in [2.45, 2.75) is 51.7 Å². The lowest BCUT2D eigenvalue weighted by Crippen LogP contribution is -2.55. The number of nitrogens with zero attached hydrogens (tertiary/aromatic N) is 2. The molecule has 1 aromatic carbocycles. The van der Waals surface area contributed by atoms with Crippen LogP contribution in [0.5, 0.6) is 0 Å². The second kappa shape index (κ2) is 9.66. The van der Waals surface area contributed by atoms with Crippen molar-refractivity contribution in [3.63, 3.8) is 0 Å². The first-order valence-corrected chi connectivity index (χ1v) is 9.90. The molecular formula is C21H30Cl2N2O3. The van der Waals surface area contributed by atoms with E-state index in [1.54, 1.807) is 64.9 Å².